The van der Waals surface area contributed by atoms with E-state index in [2.05, 4.69) is 241 Å². The second-order valence-corrected chi connectivity index (χ2v) is 19.2. The van der Waals surface area contributed by atoms with E-state index in [0.717, 1.165) is 78.2 Å². The molecule has 4 nitrogen and oxygen atoms in total. The van der Waals surface area contributed by atoms with Crippen LogP contribution in [0.4, 0.5) is 0 Å². The molecule has 0 spiro atoms. The molecule has 0 fully saturated rings. The highest BCUT2D eigenvalue weighted by Crippen LogP contribution is 2.36. The first kappa shape index (κ1) is 36.2. The third-order valence-electron chi connectivity index (χ3n) is 11.9. The number of rotatable bonds is 7. The van der Waals surface area contributed by atoms with Gasteiger partial charge in [0.05, 0.1) is 22.8 Å². The van der Waals surface area contributed by atoms with Crippen molar-refractivity contribution in [3.05, 3.63) is 229 Å². The summed E-state index contributed by atoms with van der Waals surface area (Å²) in [6.07, 6.45) is 8.76. The Bertz CT molecular complexity index is 3130. The minimum absolute atomic E-state index is 0.895. The van der Waals surface area contributed by atoms with Crippen LogP contribution in [0.15, 0.2) is 206 Å². The molecule has 9 aromatic rings. The van der Waals surface area contributed by atoms with E-state index in [1.807, 2.05) is 0 Å². The van der Waals surface area contributed by atoms with Crippen molar-refractivity contribution in [2.24, 2.45) is 0 Å². The van der Waals surface area contributed by atoms with Crippen molar-refractivity contribution in [3.8, 4) is 33.4 Å². The van der Waals surface area contributed by atoms with Gasteiger partial charge in [0.15, 0.2) is 8.07 Å². The molecule has 3 aromatic heterocycles. The van der Waals surface area contributed by atoms with Crippen molar-refractivity contribution in [3.63, 3.8) is 0 Å². The maximum Gasteiger partial charge on any atom is 0.184 e. The van der Waals surface area contributed by atoms with Gasteiger partial charge in [-0.15, -0.1) is 0 Å². The van der Waals surface area contributed by atoms with E-state index in [1.165, 1.54) is 20.7 Å². The first-order chi connectivity index (χ1) is 30.3. The summed E-state index contributed by atoms with van der Waals surface area (Å²) in [6, 6.07) is 73.9. The third kappa shape index (κ3) is 6.31. The summed E-state index contributed by atoms with van der Waals surface area (Å²) >= 11 is 0. The molecule has 6 aromatic carbocycles. The number of benzene rings is 6. The second-order valence-electron chi connectivity index (χ2n) is 15.4. The zero-order valence-electron chi connectivity index (χ0n) is 33.3. The topological polar surface area (TPSA) is 57.4 Å². The lowest BCUT2D eigenvalue weighted by atomic mass is 10.0. The number of hydrogen-bond donors (Lipinski definition) is 2. The monoisotopic (exact) mass is 796 g/mol. The van der Waals surface area contributed by atoms with Gasteiger partial charge in [0.25, 0.3) is 0 Å². The number of aromatic amines is 2. The van der Waals surface area contributed by atoms with Crippen LogP contribution >= 0.6 is 0 Å². The van der Waals surface area contributed by atoms with Gasteiger partial charge in [0.1, 0.15) is 0 Å². The van der Waals surface area contributed by atoms with Crippen LogP contribution in [0, 0.1) is 0 Å². The number of nitrogens with one attached hydrogen (secondary N) is 2. The molecule has 2 N–H and O–H groups in total. The molecule has 0 unspecified atom stereocenters. The van der Waals surface area contributed by atoms with Crippen LogP contribution < -0.4 is 20.7 Å². The fourth-order valence-corrected chi connectivity index (χ4v) is 14.3. The van der Waals surface area contributed by atoms with Gasteiger partial charge in [-0.1, -0.05) is 182 Å². The number of hydrogen-bond acceptors (Lipinski definition) is 2. The van der Waals surface area contributed by atoms with Crippen LogP contribution in [0.3, 0.4) is 0 Å². The number of nitrogens with zero attached hydrogens (tertiary/aromatic N) is 2. The quantitative estimate of drug-likeness (QED) is 0.125. The molecule has 0 amide bonds. The molecule has 2 aliphatic heterocycles. The average Bonchev–Trinajstić information content (AvgIpc) is 4.18. The molecule has 0 aliphatic carbocycles. The average molecular weight is 797 g/mol. The number of aromatic nitrogens is 4. The van der Waals surface area contributed by atoms with Crippen LogP contribution in [0.1, 0.15) is 22.8 Å². The predicted molar refractivity (Wildman–Crippen MR) is 259 cm³/mol. The van der Waals surface area contributed by atoms with E-state index in [4.69, 9.17) is 9.97 Å². The smallest absolute Gasteiger partial charge is 0.184 e. The van der Waals surface area contributed by atoms with Gasteiger partial charge in [-0.2, -0.15) is 0 Å². The van der Waals surface area contributed by atoms with Crippen LogP contribution in [0.2, 0.25) is 0 Å². The Morgan fingerprint density at radius 2 is 0.557 bits per heavy atom. The maximum atomic E-state index is 5.75. The second kappa shape index (κ2) is 15.4. The van der Waals surface area contributed by atoms with E-state index in [1.54, 1.807) is 0 Å². The van der Waals surface area contributed by atoms with Gasteiger partial charge >= 0.3 is 0 Å². The van der Waals surface area contributed by atoms with Crippen LogP contribution in [0.5, 0.6) is 0 Å². The Labute approximate surface area is 356 Å². The first-order valence-corrected chi connectivity index (χ1v) is 22.8. The minimum Gasteiger partial charge on any atom is -0.355 e. The lowest BCUT2D eigenvalue weighted by Crippen LogP contribution is -2.75. The van der Waals surface area contributed by atoms with Crippen molar-refractivity contribution >= 4 is 75.2 Å². The maximum absolute atomic E-state index is 5.75. The first-order valence-electron chi connectivity index (χ1n) is 20.8. The summed E-state index contributed by atoms with van der Waals surface area (Å²) in [6.45, 7) is 0. The lowest BCUT2D eigenvalue weighted by molar-refractivity contribution is 1.31. The van der Waals surface area contributed by atoms with Crippen LogP contribution in [-0.4, -0.2) is 28.0 Å². The summed E-state index contributed by atoms with van der Waals surface area (Å²) in [5.74, 6) is 0. The highest BCUT2D eigenvalue weighted by molar-refractivity contribution is 7.20. The fraction of sp³-hybridized carbons (Fsp3) is 0. The minimum atomic E-state index is -3.14. The van der Waals surface area contributed by atoms with Gasteiger partial charge < -0.3 is 9.97 Å². The summed E-state index contributed by atoms with van der Waals surface area (Å²) in [7, 11) is -3.14. The standard InChI is InChI=1S/C56H40N4Si/c1-7-19-39(20-8-1)53-45-31-33-47(57-45)54(40-21-9-2-10-22-40)49-35-37-51(59-49)56(52-38-36-50(60-52)55(41-23-11-3-12-24-41)48-34-32-46(53)58-48)61(42-25-13-4-14-26-42,43-27-15-5-16-28-43)44-29-17-6-18-30-44/h1-38,57,60H. The zero-order valence-corrected chi connectivity index (χ0v) is 34.3. The van der Waals surface area contributed by atoms with Crippen molar-refractivity contribution < 1.29 is 0 Å². The molecule has 2 aliphatic rings. The van der Waals surface area contributed by atoms with Crippen molar-refractivity contribution in [1.29, 1.82) is 0 Å². The van der Waals surface area contributed by atoms with Crippen LogP contribution in [-0.2, 0) is 0 Å². The SMILES string of the molecule is C1=Cc2nc1c(-c1ccccc1)c1ccc([nH]1)c(-c1ccccc1)c1nc(c([Si](c3ccccc3)(c3ccccc3)c3ccccc3)c3ccc([nH]3)c2-c2ccccc2)C=C1. The van der Waals surface area contributed by atoms with E-state index in [0.29, 0.717) is 0 Å². The van der Waals surface area contributed by atoms with Gasteiger partial charge in [-0.05, 0) is 80.8 Å². The molecule has 0 saturated carbocycles. The van der Waals surface area contributed by atoms with E-state index in [-0.39, 0.29) is 0 Å². The fourth-order valence-electron chi connectivity index (χ4n) is 9.32. The number of fused-ring (bicyclic) bond motifs is 8. The largest absolute Gasteiger partial charge is 0.355 e. The molecular formula is C56H40N4Si. The molecule has 5 heteroatoms. The van der Waals surface area contributed by atoms with Crippen molar-refractivity contribution in [2.75, 3.05) is 0 Å². The van der Waals surface area contributed by atoms with Gasteiger partial charge in [-0.25, -0.2) is 9.97 Å². The normalized spacial score (nSPS) is 12.1. The van der Waals surface area contributed by atoms with E-state index >= 15 is 0 Å². The van der Waals surface area contributed by atoms with Crippen molar-refractivity contribution in [1.82, 2.24) is 19.9 Å². The predicted octanol–water partition coefficient (Wildman–Crippen LogP) is 11.0. The molecule has 5 heterocycles. The molecule has 0 radical (unpaired) electrons. The molecular weight excluding hydrogens is 757 g/mol. The Kier molecular flexibility index (Phi) is 9.14. The molecule has 8 bridgehead atoms. The molecule has 11 rings (SSSR count). The lowest BCUT2D eigenvalue weighted by Gasteiger charge is -2.34. The third-order valence-corrected chi connectivity index (χ3v) is 16.8. The Morgan fingerprint density at radius 3 is 0.918 bits per heavy atom. The van der Waals surface area contributed by atoms with E-state index < -0.39 is 8.07 Å². The highest BCUT2D eigenvalue weighted by Gasteiger charge is 2.44. The molecule has 61 heavy (non-hydrogen) atoms. The van der Waals surface area contributed by atoms with E-state index in [9.17, 15) is 0 Å². The van der Waals surface area contributed by atoms with Gasteiger partial charge in [0.2, 0.25) is 0 Å². The Hall–Kier alpha value is -7.86. The molecule has 0 atom stereocenters. The summed E-state index contributed by atoms with van der Waals surface area (Å²) in [5.41, 5.74) is 14.0. The number of H-pyrrole nitrogens is 2. The molecule has 0 saturated heterocycles. The summed E-state index contributed by atoms with van der Waals surface area (Å²) in [4.78, 5) is 19.2. The highest BCUT2D eigenvalue weighted by atomic mass is 28.3. The van der Waals surface area contributed by atoms with Crippen LogP contribution in [0.25, 0.3) is 79.8 Å². The van der Waals surface area contributed by atoms with Gasteiger partial charge in [0, 0.05) is 43.9 Å². The van der Waals surface area contributed by atoms with Gasteiger partial charge in [-0.3, -0.25) is 0 Å². The summed E-state index contributed by atoms with van der Waals surface area (Å²) < 4.78 is 0. The Balaban J connectivity index is 1.38. The Morgan fingerprint density at radius 1 is 0.279 bits per heavy atom. The van der Waals surface area contributed by atoms with Crippen molar-refractivity contribution in [2.45, 2.75) is 0 Å². The summed E-state index contributed by atoms with van der Waals surface area (Å²) in [5, 5.41) is 5.01. The molecule has 288 valence electrons. The zero-order chi connectivity index (χ0) is 40.6.